The first-order chi connectivity index (χ1) is 25.8. The van der Waals surface area contributed by atoms with Crippen LogP contribution in [0.2, 0.25) is 0 Å². The second kappa shape index (κ2) is 11.7. The summed E-state index contributed by atoms with van der Waals surface area (Å²) in [5.41, 5.74) is 19.0. The molecule has 1 heteroatoms. The molecule has 0 N–H and O–H groups in total. The van der Waals surface area contributed by atoms with Crippen molar-refractivity contribution in [3.05, 3.63) is 198 Å². The molecule has 0 unspecified atom stereocenters. The molecule has 0 heterocycles. The molecule has 0 atom stereocenters. The van der Waals surface area contributed by atoms with Gasteiger partial charge >= 0.3 is 0 Å². The fraction of sp³-hybridized carbons (Fsp3) is 0.115. The molecule has 254 valence electrons. The molecule has 0 spiro atoms. The second-order valence-electron chi connectivity index (χ2n) is 15.8. The highest BCUT2D eigenvalue weighted by atomic mass is 15.1. The summed E-state index contributed by atoms with van der Waals surface area (Å²) in [7, 11) is 0. The molecule has 2 aliphatic carbocycles. The Morgan fingerprint density at radius 3 is 1.72 bits per heavy atom. The van der Waals surface area contributed by atoms with Gasteiger partial charge in [0.1, 0.15) is 0 Å². The summed E-state index contributed by atoms with van der Waals surface area (Å²) in [6.07, 6.45) is 0. The SMILES string of the molecule is CC1(C)c2cc(-c3ccccc3)ccc2-c2ccc(N(c3ccc(-c4ccc5ccccc5c4)cc3)c3cccc4c3C(C)(C)c3ccccc3-4)cc21. The van der Waals surface area contributed by atoms with Gasteiger partial charge in [0.05, 0.1) is 5.69 Å². The van der Waals surface area contributed by atoms with Gasteiger partial charge < -0.3 is 4.90 Å². The fourth-order valence-corrected chi connectivity index (χ4v) is 9.28. The second-order valence-corrected chi connectivity index (χ2v) is 15.8. The molecule has 0 fully saturated rings. The molecule has 0 radical (unpaired) electrons. The number of hydrogen-bond acceptors (Lipinski definition) is 1. The molecule has 0 aromatic heterocycles. The summed E-state index contributed by atoms with van der Waals surface area (Å²) >= 11 is 0. The van der Waals surface area contributed by atoms with Gasteiger partial charge in [-0.05, 0) is 120 Å². The van der Waals surface area contributed by atoms with E-state index in [1.807, 2.05) is 0 Å². The number of nitrogens with zero attached hydrogens (tertiary/aromatic N) is 1. The van der Waals surface area contributed by atoms with Crippen molar-refractivity contribution in [1.82, 2.24) is 0 Å². The largest absolute Gasteiger partial charge is 0.310 e. The van der Waals surface area contributed by atoms with Crippen LogP contribution in [0.15, 0.2) is 176 Å². The van der Waals surface area contributed by atoms with E-state index in [9.17, 15) is 0 Å². The minimum absolute atomic E-state index is 0.161. The quantitative estimate of drug-likeness (QED) is 0.175. The Hall–Kier alpha value is -6.18. The van der Waals surface area contributed by atoms with Gasteiger partial charge in [0, 0.05) is 22.2 Å². The molecule has 2 aliphatic rings. The Balaban J connectivity index is 1.13. The standard InChI is InChI=1S/C52H41N/c1-51(2)47-32-39(34-13-6-5-7-14-34)25-29-43(47)44-30-28-41(33-48(44)51)53(49-20-12-18-45-42-17-10-11-19-46(42)52(3,4)50(45)49)40-26-23-36(24-27-40)38-22-21-35-15-8-9-16-37(35)31-38/h5-33H,1-4H3. The maximum absolute atomic E-state index is 2.51. The van der Waals surface area contributed by atoms with Crippen molar-refractivity contribution in [1.29, 1.82) is 0 Å². The van der Waals surface area contributed by atoms with Gasteiger partial charge in [-0.15, -0.1) is 0 Å². The van der Waals surface area contributed by atoms with E-state index in [1.165, 1.54) is 88.9 Å². The van der Waals surface area contributed by atoms with Crippen molar-refractivity contribution < 1.29 is 0 Å². The lowest BCUT2D eigenvalue weighted by Crippen LogP contribution is -2.21. The average Bonchev–Trinajstić information content (AvgIpc) is 3.58. The van der Waals surface area contributed by atoms with Crippen molar-refractivity contribution >= 4 is 27.8 Å². The highest BCUT2D eigenvalue weighted by molar-refractivity contribution is 5.93. The molecular weight excluding hydrogens is 639 g/mol. The van der Waals surface area contributed by atoms with Crippen LogP contribution >= 0.6 is 0 Å². The zero-order chi connectivity index (χ0) is 35.9. The molecule has 10 rings (SSSR count). The smallest absolute Gasteiger partial charge is 0.0508 e. The number of anilines is 3. The third-order valence-corrected chi connectivity index (χ3v) is 12.0. The maximum atomic E-state index is 2.51. The van der Waals surface area contributed by atoms with Gasteiger partial charge in [-0.3, -0.25) is 0 Å². The lowest BCUT2D eigenvalue weighted by molar-refractivity contribution is 0.659. The normalized spacial score (nSPS) is 14.3. The molecule has 0 aliphatic heterocycles. The first-order valence-electron chi connectivity index (χ1n) is 18.8. The number of fused-ring (bicyclic) bond motifs is 7. The van der Waals surface area contributed by atoms with Crippen LogP contribution < -0.4 is 4.90 Å². The van der Waals surface area contributed by atoms with Crippen LogP contribution in [0.1, 0.15) is 49.9 Å². The first kappa shape index (κ1) is 31.5. The Bertz CT molecular complexity index is 2710. The zero-order valence-electron chi connectivity index (χ0n) is 30.7. The summed E-state index contributed by atoms with van der Waals surface area (Å²) < 4.78 is 0. The molecular formula is C52H41N. The summed E-state index contributed by atoms with van der Waals surface area (Å²) in [5.74, 6) is 0. The van der Waals surface area contributed by atoms with Gasteiger partial charge in [-0.2, -0.15) is 0 Å². The molecule has 0 saturated carbocycles. The lowest BCUT2D eigenvalue weighted by atomic mass is 9.80. The Kier molecular flexibility index (Phi) is 6.94. The minimum atomic E-state index is -0.161. The Morgan fingerprint density at radius 1 is 0.340 bits per heavy atom. The van der Waals surface area contributed by atoms with Gasteiger partial charge in [0.25, 0.3) is 0 Å². The van der Waals surface area contributed by atoms with E-state index in [1.54, 1.807) is 0 Å². The molecule has 53 heavy (non-hydrogen) atoms. The van der Waals surface area contributed by atoms with E-state index in [2.05, 4.69) is 209 Å². The van der Waals surface area contributed by atoms with Crippen molar-refractivity contribution in [2.75, 3.05) is 4.90 Å². The van der Waals surface area contributed by atoms with E-state index in [0.29, 0.717) is 0 Å². The number of benzene rings is 8. The third kappa shape index (κ3) is 4.84. The molecule has 8 aromatic rings. The summed E-state index contributed by atoms with van der Waals surface area (Å²) in [6.45, 7) is 9.54. The van der Waals surface area contributed by atoms with E-state index in [-0.39, 0.29) is 10.8 Å². The van der Waals surface area contributed by atoms with Gasteiger partial charge in [0.2, 0.25) is 0 Å². The number of rotatable bonds is 5. The molecule has 0 amide bonds. The Morgan fingerprint density at radius 2 is 0.906 bits per heavy atom. The van der Waals surface area contributed by atoms with Crippen LogP contribution in [-0.4, -0.2) is 0 Å². The average molecular weight is 680 g/mol. The highest BCUT2D eigenvalue weighted by Crippen LogP contribution is 2.56. The summed E-state index contributed by atoms with van der Waals surface area (Å²) in [4.78, 5) is 2.51. The first-order valence-corrected chi connectivity index (χ1v) is 18.8. The minimum Gasteiger partial charge on any atom is -0.310 e. The van der Waals surface area contributed by atoms with E-state index in [0.717, 1.165) is 5.69 Å². The zero-order valence-corrected chi connectivity index (χ0v) is 30.7. The van der Waals surface area contributed by atoms with E-state index in [4.69, 9.17) is 0 Å². The molecule has 1 nitrogen and oxygen atoms in total. The third-order valence-electron chi connectivity index (χ3n) is 12.0. The topological polar surface area (TPSA) is 3.24 Å². The van der Waals surface area contributed by atoms with Crippen LogP contribution in [0.25, 0.3) is 55.3 Å². The monoisotopic (exact) mass is 679 g/mol. The fourth-order valence-electron chi connectivity index (χ4n) is 9.28. The predicted octanol–water partition coefficient (Wildman–Crippen LogP) is 14.3. The lowest BCUT2D eigenvalue weighted by Gasteiger charge is -2.33. The van der Waals surface area contributed by atoms with Gasteiger partial charge in [-0.25, -0.2) is 0 Å². The Labute approximate surface area is 312 Å². The van der Waals surface area contributed by atoms with E-state index < -0.39 is 0 Å². The summed E-state index contributed by atoms with van der Waals surface area (Å²) in [6, 6.07) is 65.3. The van der Waals surface area contributed by atoms with Gasteiger partial charge in [-0.1, -0.05) is 161 Å². The molecule has 8 aromatic carbocycles. The molecule has 0 bridgehead atoms. The summed E-state index contributed by atoms with van der Waals surface area (Å²) in [5, 5.41) is 2.52. The highest BCUT2D eigenvalue weighted by Gasteiger charge is 2.40. The maximum Gasteiger partial charge on any atom is 0.0508 e. The molecule has 0 saturated heterocycles. The van der Waals surface area contributed by atoms with Crippen LogP contribution in [0.3, 0.4) is 0 Å². The van der Waals surface area contributed by atoms with Crippen molar-refractivity contribution in [3.63, 3.8) is 0 Å². The predicted molar refractivity (Wildman–Crippen MR) is 225 cm³/mol. The van der Waals surface area contributed by atoms with Crippen LogP contribution in [0, 0.1) is 0 Å². The van der Waals surface area contributed by atoms with E-state index >= 15 is 0 Å². The van der Waals surface area contributed by atoms with Crippen molar-refractivity contribution in [3.8, 4) is 44.5 Å². The number of hydrogen-bond donors (Lipinski definition) is 0. The van der Waals surface area contributed by atoms with Crippen LogP contribution in [0.4, 0.5) is 17.1 Å². The van der Waals surface area contributed by atoms with Crippen molar-refractivity contribution in [2.24, 2.45) is 0 Å². The van der Waals surface area contributed by atoms with Crippen molar-refractivity contribution in [2.45, 2.75) is 38.5 Å². The van der Waals surface area contributed by atoms with Crippen LogP contribution in [0.5, 0.6) is 0 Å². The van der Waals surface area contributed by atoms with Gasteiger partial charge in [0.15, 0.2) is 0 Å². The van der Waals surface area contributed by atoms with Crippen LogP contribution in [-0.2, 0) is 10.8 Å².